The Bertz CT molecular complexity index is 1740. The van der Waals surface area contributed by atoms with Crippen LogP contribution >= 0.6 is 11.3 Å². The van der Waals surface area contributed by atoms with Gasteiger partial charge in [0.15, 0.2) is 5.01 Å². The first-order valence-corrected chi connectivity index (χ1v) is 14.5. The van der Waals surface area contributed by atoms with Crippen molar-refractivity contribution in [3.8, 4) is 5.75 Å². The van der Waals surface area contributed by atoms with Crippen molar-refractivity contribution in [2.75, 3.05) is 13.7 Å². The summed E-state index contributed by atoms with van der Waals surface area (Å²) in [5, 5.41) is 8.53. The summed E-state index contributed by atoms with van der Waals surface area (Å²) < 4.78 is 34.5. The Labute approximate surface area is 249 Å². The molecule has 2 aromatic heterocycles. The molecular formula is C30H31F2N5O5S. The number of nitrogens with zero attached hydrogens (tertiary/aromatic N) is 1. The van der Waals surface area contributed by atoms with Gasteiger partial charge in [0, 0.05) is 17.8 Å². The lowest BCUT2D eigenvalue weighted by molar-refractivity contribution is -0.127. The number of para-hydroxylation sites is 1. The first-order chi connectivity index (χ1) is 20.4. The molecule has 1 aliphatic heterocycles. The van der Waals surface area contributed by atoms with Crippen LogP contribution in [0.15, 0.2) is 36.4 Å². The van der Waals surface area contributed by atoms with Crippen molar-refractivity contribution in [1.82, 2.24) is 25.9 Å². The van der Waals surface area contributed by atoms with Gasteiger partial charge in [0.1, 0.15) is 34.6 Å². The van der Waals surface area contributed by atoms with E-state index in [-0.39, 0.29) is 34.1 Å². The van der Waals surface area contributed by atoms with Crippen molar-refractivity contribution in [3.63, 3.8) is 0 Å². The zero-order valence-electron chi connectivity index (χ0n) is 24.0. The van der Waals surface area contributed by atoms with Gasteiger partial charge in [-0.1, -0.05) is 26.8 Å². The molecule has 0 aliphatic carbocycles. The van der Waals surface area contributed by atoms with Gasteiger partial charge in [0.25, 0.3) is 5.91 Å². The quantitative estimate of drug-likeness (QED) is 0.210. The molecule has 10 nitrogen and oxygen atoms in total. The summed E-state index contributed by atoms with van der Waals surface area (Å²) in [7, 11) is 1.43. The van der Waals surface area contributed by atoms with Gasteiger partial charge < -0.3 is 25.7 Å². The minimum atomic E-state index is -1.17. The van der Waals surface area contributed by atoms with E-state index in [0.717, 1.165) is 11.3 Å². The molecule has 4 N–H and O–H groups in total. The summed E-state index contributed by atoms with van der Waals surface area (Å²) in [6.45, 7) is 5.66. The lowest BCUT2D eigenvalue weighted by Gasteiger charge is -2.32. The van der Waals surface area contributed by atoms with Crippen molar-refractivity contribution in [2.24, 2.45) is 11.3 Å². The zero-order chi connectivity index (χ0) is 31.1. The number of ketones is 1. The second-order valence-electron chi connectivity index (χ2n) is 11.5. The number of rotatable bonds is 9. The van der Waals surface area contributed by atoms with Gasteiger partial charge in [-0.2, -0.15) is 0 Å². The fourth-order valence-corrected chi connectivity index (χ4v) is 6.13. The van der Waals surface area contributed by atoms with E-state index >= 15 is 0 Å². The molecule has 0 saturated carbocycles. The maximum Gasteiger partial charge on any atom is 0.268 e. The fourth-order valence-electron chi connectivity index (χ4n) is 5.15. The van der Waals surface area contributed by atoms with Crippen LogP contribution in [-0.2, 0) is 9.59 Å². The van der Waals surface area contributed by atoms with Gasteiger partial charge in [0.2, 0.25) is 17.6 Å². The number of benzene rings is 2. The molecule has 43 heavy (non-hydrogen) atoms. The molecule has 3 amide bonds. The number of aromatic amines is 1. The topological polar surface area (TPSA) is 142 Å². The van der Waals surface area contributed by atoms with Gasteiger partial charge in [-0.05, 0) is 48.6 Å². The number of fused-ring (bicyclic) bond motifs is 2. The number of H-pyrrole nitrogens is 1. The predicted molar refractivity (Wildman–Crippen MR) is 157 cm³/mol. The smallest absolute Gasteiger partial charge is 0.268 e. The number of ether oxygens (including phenoxy) is 1. The molecule has 1 saturated heterocycles. The number of amides is 3. The molecule has 5 rings (SSSR count). The van der Waals surface area contributed by atoms with E-state index < -0.39 is 52.6 Å². The van der Waals surface area contributed by atoms with Crippen molar-refractivity contribution in [1.29, 1.82) is 0 Å². The van der Waals surface area contributed by atoms with Gasteiger partial charge >= 0.3 is 0 Å². The third-order valence-electron chi connectivity index (χ3n) is 7.47. The standard InChI is InChI=1S/C30H31F2N5O5S/c1-30(2,3)25(37-27(40)19-13-15-20(42-4)9-8-17(32)22(15)34-19)28(41)35-18(12-14-10-11-33-26(14)39)24(38)29-36-23-16(31)6-5-7-21(23)43-29/h5-9,13-14,18,25,34H,10-12H2,1-4H3,(H,33,39)(H,35,41)(H,37,40)/t14-,18-,25+/m0/s1. The lowest BCUT2D eigenvalue weighted by atomic mass is 9.85. The van der Waals surface area contributed by atoms with E-state index in [9.17, 15) is 28.0 Å². The number of Topliss-reactive ketones (excluding diaryl/α,β-unsaturated/α-hetero) is 1. The third-order valence-corrected chi connectivity index (χ3v) is 8.50. The van der Waals surface area contributed by atoms with E-state index in [4.69, 9.17) is 4.74 Å². The average molecular weight is 612 g/mol. The minimum Gasteiger partial charge on any atom is -0.496 e. The van der Waals surface area contributed by atoms with E-state index in [1.807, 2.05) is 0 Å². The Balaban J connectivity index is 1.42. The van der Waals surface area contributed by atoms with E-state index in [1.54, 1.807) is 26.8 Å². The summed E-state index contributed by atoms with van der Waals surface area (Å²) in [5.74, 6) is -3.45. The highest BCUT2D eigenvalue weighted by atomic mass is 32.1. The van der Waals surface area contributed by atoms with Crippen LogP contribution < -0.4 is 20.7 Å². The first-order valence-electron chi connectivity index (χ1n) is 13.7. The number of aromatic nitrogens is 2. The van der Waals surface area contributed by atoms with Crippen LogP contribution in [0.1, 0.15) is 53.9 Å². The number of thiazole rings is 1. The molecular weight excluding hydrogens is 580 g/mol. The summed E-state index contributed by atoms with van der Waals surface area (Å²) >= 11 is 0.994. The molecule has 13 heteroatoms. The molecule has 1 fully saturated rings. The number of hydrogen-bond donors (Lipinski definition) is 4. The summed E-state index contributed by atoms with van der Waals surface area (Å²) in [6.07, 6.45) is 0.480. The molecule has 0 spiro atoms. The maximum atomic E-state index is 14.4. The molecule has 0 unspecified atom stereocenters. The average Bonchev–Trinajstić information content (AvgIpc) is 3.70. The normalized spacial score (nSPS) is 16.6. The highest BCUT2D eigenvalue weighted by Crippen LogP contribution is 2.30. The van der Waals surface area contributed by atoms with Gasteiger partial charge in [-0.25, -0.2) is 13.8 Å². The largest absolute Gasteiger partial charge is 0.496 e. The second-order valence-corrected chi connectivity index (χ2v) is 12.6. The Morgan fingerprint density at radius 1 is 1.14 bits per heavy atom. The maximum absolute atomic E-state index is 14.4. The highest BCUT2D eigenvalue weighted by Gasteiger charge is 2.38. The number of hydrogen-bond acceptors (Lipinski definition) is 7. The van der Waals surface area contributed by atoms with Crippen molar-refractivity contribution in [2.45, 2.75) is 45.7 Å². The predicted octanol–water partition coefficient (Wildman–Crippen LogP) is 4.10. The summed E-state index contributed by atoms with van der Waals surface area (Å²) in [4.78, 5) is 60.1. The van der Waals surface area contributed by atoms with Crippen LogP contribution in [0, 0.1) is 23.0 Å². The van der Waals surface area contributed by atoms with Crippen LogP contribution in [0.5, 0.6) is 5.75 Å². The molecule has 2 aromatic carbocycles. The van der Waals surface area contributed by atoms with Crippen molar-refractivity contribution >= 4 is 56.0 Å². The van der Waals surface area contributed by atoms with Gasteiger partial charge in [-0.3, -0.25) is 19.2 Å². The SMILES string of the molecule is COc1ccc(F)c2[nH]c(C(=O)N[C@H](C(=O)N[C@@H](C[C@@H]3CCNC3=O)C(=O)c3nc4c(F)cccc4s3)C(C)(C)C)cc12. The fraction of sp³-hybridized carbons (Fsp3) is 0.367. The number of halogens is 2. The molecule has 4 aromatic rings. The Kier molecular flexibility index (Phi) is 8.19. The van der Waals surface area contributed by atoms with Gasteiger partial charge in [0.05, 0.1) is 23.4 Å². The molecule has 0 bridgehead atoms. The van der Waals surface area contributed by atoms with Crippen LogP contribution in [0.25, 0.3) is 21.1 Å². The highest BCUT2D eigenvalue weighted by molar-refractivity contribution is 7.20. The number of carbonyl (C=O) groups is 4. The van der Waals surface area contributed by atoms with Crippen molar-refractivity contribution < 1.29 is 32.7 Å². The molecule has 1 aliphatic rings. The summed E-state index contributed by atoms with van der Waals surface area (Å²) in [6, 6.07) is 6.18. The van der Waals surface area contributed by atoms with Crippen LogP contribution in [0.3, 0.4) is 0 Å². The number of carbonyl (C=O) groups excluding carboxylic acids is 4. The zero-order valence-corrected chi connectivity index (χ0v) is 24.8. The lowest BCUT2D eigenvalue weighted by Crippen LogP contribution is -2.57. The molecule has 0 radical (unpaired) electrons. The monoisotopic (exact) mass is 611 g/mol. The van der Waals surface area contributed by atoms with Crippen LogP contribution in [-0.4, -0.2) is 59.2 Å². The summed E-state index contributed by atoms with van der Waals surface area (Å²) in [5.41, 5.74) is -0.696. The minimum absolute atomic E-state index is 0.000707. The van der Waals surface area contributed by atoms with E-state index in [2.05, 4.69) is 25.9 Å². The van der Waals surface area contributed by atoms with Crippen molar-refractivity contribution in [3.05, 3.63) is 58.7 Å². The molecule has 3 heterocycles. The second kappa shape index (κ2) is 11.7. The van der Waals surface area contributed by atoms with Crippen LogP contribution in [0.4, 0.5) is 8.78 Å². The third kappa shape index (κ3) is 6.07. The van der Waals surface area contributed by atoms with E-state index in [1.165, 1.54) is 37.4 Å². The first kappa shape index (κ1) is 30.1. The Hall–Kier alpha value is -4.39. The number of methoxy groups -OCH3 is 1. The van der Waals surface area contributed by atoms with Gasteiger partial charge in [-0.15, -0.1) is 11.3 Å². The number of nitrogens with one attached hydrogen (secondary N) is 4. The molecule has 3 atom stereocenters. The van der Waals surface area contributed by atoms with Crippen LogP contribution in [0.2, 0.25) is 0 Å². The molecule has 226 valence electrons. The Morgan fingerprint density at radius 3 is 2.56 bits per heavy atom. The van der Waals surface area contributed by atoms with E-state index in [0.29, 0.717) is 28.8 Å². The Morgan fingerprint density at radius 2 is 1.91 bits per heavy atom.